The van der Waals surface area contributed by atoms with Gasteiger partial charge in [0.2, 0.25) is 11.8 Å². The van der Waals surface area contributed by atoms with E-state index in [0.717, 1.165) is 16.9 Å². The van der Waals surface area contributed by atoms with Crippen molar-refractivity contribution >= 4 is 17.6 Å². The molecule has 0 saturated heterocycles. The van der Waals surface area contributed by atoms with Crippen molar-refractivity contribution in [1.29, 1.82) is 0 Å². The minimum absolute atomic E-state index is 0.243. The molecule has 1 amide bonds. The highest BCUT2D eigenvalue weighted by Gasteiger charge is 2.11. The van der Waals surface area contributed by atoms with Gasteiger partial charge in [0.25, 0.3) is 0 Å². The van der Waals surface area contributed by atoms with E-state index < -0.39 is 0 Å². The fourth-order valence-electron chi connectivity index (χ4n) is 3.29. The average molecular weight is 476 g/mol. The summed E-state index contributed by atoms with van der Waals surface area (Å²) in [6.45, 7) is 0.552. The van der Waals surface area contributed by atoms with Crippen LogP contribution >= 0.6 is 0 Å². The highest BCUT2D eigenvalue weighted by Crippen LogP contribution is 2.28. The predicted molar refractivity (Wildman–Crippen MR) is 130 cm³/mol. The lowest BCUT2D eigenvalue weighted by Crippen LogP contribution is -2.26. The Morgan fingerprint density at radius 1 is 0.943 bits per heavy atom. The number of ether oxygens (including phenoxy) is 4. The Kier molecular flexibility index (Phi) is 7.41. The monoisotopic (exact) mass is 475 g/mol. The number of nitrogens with one attached hydrogen (secondary N) is 1. The van der Waals surface area contributed by atoms with Crippen LogP contribution in [0.1, 0.15) is 5.56 Å². The van der Waals surface area contributed by atoms with E-state index in [9.17, 15) is 4.79 Å². The molecule has 0 fully saturated rings. The number of rotatable bonds is 10. The zero-order valence-electron chi connectivity index (χ0n) is 19.6. The smallest absolute Gasteiger partial charge is 0.244 e. The number of benzene rings is 2. The standard InChI is InChI=1S/C25H25N5O5/c1-32-19-8-6-18(7-9-19)25-28-27-22-11-13-24(29-30(22)25)35-15-14-26-23(31)12-5-17-4-10-20(33-2)21(16-17)34-3/h4-13,16H,14-15H2,1-3H3,(H,26,31)/b12-5+. The molecule has 0 aliphatic carbocycles. The molecule has 2 heterocycles. The van der Waals surface area contributed by atoms with Crippen molar-refractivity contribution in [3.05, 3.63) is 66.2 Å². The van der Waals surface area contributed by atoms with E-state index in [1.807, 2.05) is 30.3 Å². The molecule has 0 radical (unpaired) electrons. The second-order valence-corrected chi connectivity index (χ2v) is 7.28. The van der Waals surface area contributed by atoms with Crippen molar-refractivity contribution in [2.24, 2.45) is 0 Å². The quantitative estimate of drug-likeness (QED) is 0.275. The number of hydrogen-bond donors (Lipinski definition) is 1. The van der Waals surface area contributed by atoms with Crippen LogP contribution in [0.5, 0.6) is 23.1 Å². The lowest BCUT2D eigenvalue weighted by Gasteiger charge is -2.08. The van der Waals surface area contributed by atoms with Gasteiger partial charge in [-0.1, -0.05) is 6.07 Å². The average Bonchev–Trinajstić information content (AvgIpc) is 3.33. The first kappa shape index (κ1) is 23.6. The van der Waals surface area contributed by atoms with Crippen LogP contribution in [0.3, 0.4) is 0 Å². The van der Waals surface area contributed by atoms with Gasteiger partial charge in [-0.15, -0.1) is 15.3 Å². The molecule has 4 rings (SSSR count). The Labute approximate surface area is 202 Å². The summed E-state index contributed by atoms with van der Waals surface area (Å²) in [7, 11) is 4.75. The Balaban J connectivity index is 1.32. The third-order valence-corrected chi connectivity index (χ3v) is 5.07. The summed E-state index contributed by atoms with van der Waals surface area (Å²) in [6.07, 6.45) is 3.14. The highest BCUT2D eigenvalue weighted by atomic mass is 16.5. The summed E-state index contributed by atoms with van der Waals surface area (Å²) in [5.41, 5.74) is 2.25. The fraction of sp³-hybridized carbons (Fsp3) is 0.200. The summed E-state index contributed by atoms with van der Waals surface area (Å²) < 4.78 is 23.0. The molecule has 10 nitrogen and oxygen atoms in total. The second kappa shape index (κ2) is 11.0. The van der Waals surface area contributed by atoms with Gasteiger partial charge in [-0.2, -0.15) is 4.52 Å². The molecular formula is C25H25N5O5. The van der Waals surface area contributed by atoms with Crippen LogP contribution in [0.25, 0.3) is 23.1 Å². The van der Waals surface area contributed by atoms with E-state index >= 15 is 0 Å². The van der Waals surface area contributed by atoms with E-state index in [1.54, 1.807) is 56.2 Å². The van der Waals surface area contributed by atoms with E-state index in [-0.39, 0.29) is 12.5 Å². The van der Waals surface area contributed by atoms with E-state index in [0.29, 0.717) is 35.4 Å². The summed E-state index contributed by atoms with van der Waals surface area (Å²) in [5.74, 6) is 2.70. The van der Waals surface area contributed by atoms with Gasteiger partial charge in [0, 0.05) is 17.7 Å². The maximum Gasteiger partial charge on any atom is 0.244 e. The lowest BCUT2D eigenvalue weighted by molar-refractivity contribution is -0.116. The lowest BCUT2D eigenvalue weighted by atomic mass is 10.2. The number of amides is 1. The van der Waals surface area contributed by atoms with Gasteiger partial charge in [0.15, 0.2) is 23.0 Å². The van der Waals surface area contributed by atoms with Crippen LogP contribution in [-0.4, -0.2) is 60.2 Å². The minimum Gasteiger partial charge on any atom is -0.497 e. The van der Waals surface area contributed by atoms with Gasteiger partial charge >= 0.3 is 0 Å². The van der Waals surface area contributed by atoms with Crippen molar-refractivity contribution in [2.75, 3.05) is 34.5 Å². The zero-order chi connectivity index (χ0) is 24.6. The molecule has 35 heavy (non-hydrogen) atoms. The minimum atomic E-state index is -0.243. The molecule has 0 unspecified atom stereocenters. The normalized spacial score (nSPS) is 10.9. The summed E-state index contributed by atoms with van der Waals surface area (Å²) in [5, 5.41) is 15.6. The van der Waals surface area contributed by atoms with Crippen LogP contribution in [0.15, 0.2) is 60.7 Å². The molecule has 10 heteroatoms. The van der Waals surface area contributed by atoms with Gasteiger partial charge in [-0.3, -0.25) is 4.79 Å². The van der Waals surface area contributed by atoms with Gasteiger partial charge in [0.05, 0.1) is 27.9 Å². The van der Waals surface area contributed by atoms with Crippen molar-refractivity contribution < 1.29 is 23.7 Å². The summed E-state index contributed by atoms with van der Waals surface area (Å²) >= 11 is 0. The largest absolute Gasteiger partial charge is 0.497 e. The zero-order valence-corrected chi connectivity index (χ0v) is 19.6. The molecule has 180 valence electrons. The topological polar surface area (TPSA) is 109 Å². The van der Waals surface area contributed by atoms with Crippen LogP contribution in [0, 0.1) is 0 Å². The molecule has 0 atom stereocenters. The predicted octanol–water partition coefficient (Wildman–Crippen LogP) is 3.03. The number of methoxy groups -OCH3 is 3. The number of carbonyl (C=O) groups is 1. The molecule has 2 aromatic heterocycles. The molecule has 1 N–H and O–H groups in total. The number of hydrogen-bond acceptors (Lipinski definition) is 8. The molecule has 0 spiro atoms. The molecule has 2 aromatic carbocycles. The van der Waals surface area contributed by atoms with Crippen LogP contribution in [-0.2, 0) is 4.79 Å². The van der Waals surface area contributed by atoms with E-state index in [2.05, 4.69) is 20.6 Å². The maximum atomic E-state index is 12.1. The second-order valence-electron chi connectivity index (χ2n) is 7.28. The Morgan fingerprint density at radius 3 is 2.49 bits per heavy atom. The first-order chi connectivity index (χ1) is 17.1. The van der Waals surface area contributed by atoms with Crippen LogP contribution < -0.4 is 24.3 Å². The Bertz CT molecular complexity index is 1330. The van der Waals surface area contributed by atoms with E-state index in [1.165, 1.54) is 6.08 Å². The van der Waals surface area contributed by atoms with Crippen molar-refractivity contribution in [2.45, 2.75) is 0 Å². The van der Waals surface area contributed by atoms with Gasteiger partial charge in [0.1, 0.15) is 12.4 Å². The van der Waals surface area contributed by atoms with Crippen molar-refractivity contribution in [3.63, 3.8) is 0 Å². The maximum absolute atomic E-state index is 12.1. The Hall–Kier alpha value is -4.60. The van der Waals surface area contributed by atoms with E-state index in [4.69, 9.17) is 18.9 Å². The third-order valence-electron chi connectivity index (χ3n) is 5.07. The number of carbonyl (C=O) groups excluding carboxylic acids is 1. The summed E-state index contributed by atoms with van der Waals surface area (Å²) in [6, 6.07) is 16.3. The molecule has 4 aromatic rings. The van der Waals surface area contributed by atoms with Crippen molar-refractivity contribution in [1.82, 2.24) is 25.1 Å². The van der Waals surface area contributed by atoms with Gasteiger partial charge in [-0.25, -0.2) is 0 Å². The molecular weight excluding hydrogens is 450 g/mol. The van der Waals surface area contributed by atoms with Gasteiger partial charge < -0.3 is 24.3 Å². The molecule has 0 bridgehead atoms. The molecule has 0 aliphatic heterocycles. The number of nitrogens with zero attached hydrogens (tertiary/aromatic N) is 4. The Morgan fingerprint density at radius 2 is 1.74 bits per heavy atom. The molecule has 0 aliphatic rings. The molecule has 0 saturated carbocycles. The number of fused-ring (bicyclic) bond motifs is 1. The van der Waals surface area contributed by atoms with Crippen LogP contribution in [0.4, 0.5) is 0 Å². The van der Waals surface area contributed by atoms with Crippen molar-refractivity contribution in [3.8, 4) is 34.5 Å². The third kappa shape index (κ3) is 5.67. The first-order valence-corrected chi connectivity index (χ1v) is 10.8. The number of aromatic nitrogens is 4. The van der Waals surface area contributed by atoms with Gasteiger partial charge in [-0.05, 0) is 54.1 Å². The van der Waals surface area contributed by atoms with Crippen LogP contribution in [0.2, 0.25) is 0 Å². The SMILES string of the molecule is COc1ccc(-c2nnc3ccc(OCCNC(=O)/C=C/c4ccc(OC)c(OC)c4)nn23)cc1. The summed E-state index contributed by atoms with van der Waals surface area (Å²) in [4.78, 5) is 12.1. The first-order valence-electron chi connectivity index (χ1n) is 10.8. The highest BCUT2D eigenvalue weighted by molar-refractivity contribution is 5.91. The fourth-order valence-corrected chi connectivity index (χ4v) is 3.29.